The van der Waals surface area contributed by atoms with Crippen LogP contribution < -0.4 is 5.73 Å². The molecule has 5 aliphatic rings. The van der Waals surface area contributed by atoms with E-state index in [-0.39, 0.29) is 33.0 Å². The molecule has 1 amide bonds. The van der Waals surface area contributed by atoms with Crippen LogP contribution in [0.3, 0.4) is 0 Å². The number of carbonyl (C=O) groups is 2. The maximum absolute atomic E-state index is 13.0. The summed E-state index contributed by atoms with van der Waals surface area (Å²) in [5, 5.41) is 0. The van der Waals surface area contributed by atoms with Crippen LogP contribution in [0, 0.1) is 56.7 Å². The monoisotopic (exact) mass is 453 g/mol. The SMILES string of the molecule is C=C(C)[C@@H]1CC[C@]2(C(N)=O)CC[C@@]3(C)[C@H](CC[C@@H]4[C@@]5(C)CCC(=O)C(C)(C)[C@@H]5CC[C@]43C)[C@@H]12. The highest BCUT2D eigenvalue weighted by atomic mass is 16.1. The fourth-order valence-corrected chi connectivity index (χ4v) is 11.4. The van der Waals surface area contributed by atoms with Crippen molar-refractivity contribution in [3.63, 3.8) is 0 Å². The predicted octanol–water partition coefficient (Wildman–Crippen LogP) is 6.70. The zero-order valence-electron chi connectivity index (χ0n) is 22.1. The highest BCUT2D eigenvalue weighted by molar-refractivity contribution is 5.85. The average Bonchev–Trinajstić information content (AvgIpc) is 3.13. The van der Waals surface area contributed by atoms with Crippen LogP contribution in [0.4, 0.5) is 0 Å². The van der Waals surface area contributed by atoms with E-state index in [9.17, 15) is 9.59 Å². The molecule has 0 aromatic heterocycles. The predicted molar refractivity (Wildman–Crippen MR) is 133 cm³/mol. The van der Waals surface area contributed by atoms with Gasteiger partial charge in [0.15, 0.2) is 0 Å². The second-order valence-electron chi connectivity index (χ2n) is 14.4. The third-order valence-corrected chi connectivity index (χ3v) is 13.3. The summed E-state index contributed by atoms with van der Waals surface area (Å²) in [7, 11) is 0. The number of rotatable bonds is 2. The maximum Gasteiger partial charge on any atom is 0.223 e. The van der Waals surface area contributed by atoms with E-state index in [0.29, 0.717) is 35.4 Å². The molecule has 0 heterocycles. The summed E-state index contributed by atoms with van der Waals surface area (Å²) in [6, 6.07) is 0. The molecule has 0 spiro atoms. The quantitative estimate of drug-likeness (QED) is 0.473. The number of primary amides is 1. The Labute approximate surface area is 201 Å². The summed E-state index contributed by atoms with van der Waals surface area (Å²) in [5.74, 6) is 2.92. The summed E-state index contributed by atoms with van der Waals surface area (Å²) in [6.07, 6.45) is 10.7. The van der Waals surface area contributed by atoms with Gasteiger partial charge < -0.3 is 5.73 Å². The molecule has 9 atom stereocenters. The molecular weight excluding hydrogens is 406 g/mol. The van der Waals surface area contributed by atoms with Crippen LogP contribution >= 0.6 is 0 Å². The van der Waals surface area contributed by atoms with E-state index in [1.54, 1.807) is 0 Å². The highest BCUT2D eigenvalue weighted by Crippen LogP contribution is 2.77. The number of hydrogen-bond donors (Lipinski definition) is 1. The number of hydrogen-bond acceptors (Lipinski definition) is 2. The number of carbonyl (C=O) groups excluding carboxylic acids is 2. The van der Waals surface area contributed by atoms with Gasteiger partial charge in [0.1, 0.15) is 5.78 Å². The molecule has 0 unspecified atom stereocenters. The normalized spacial score (nSPS) is 52.8. The molecule has 5 fully saturated rings. The highest BCUT2D eigenvalue weighted by Gasteiger charge is 2.71. The first-order valence-corrected chi connectivity index (χ1v) is 13.7. The zero-order valence-corrected chi connectivity index (χ0v) is 22.1. The van der Waals surface area contributed by atoms with Gasteiger partial charge in [-0.05, 0) is 111 Å². The molecule has 0 aromatic carbocycles. The van der Waals surface area contributed by atoms with Crippen molar-refractivity contribution in [3.8, 4) is 0 Å². The number of ketones is 1. The fraction of sp³-hybridized carbons (Fsp3) is 0.867. The number of allylic oxidation sites excluding steroid dienone is 1. The largest absolute Gasteiger partial charge is 0.369 e. The maximum atomic E-state index is 13.0. The Morgan fingerprint density at radius 1 is 0.879 bits per heavy atom. The standard InChI is InChI=1S/C30H47NO2/c1-18(2)19-10-15-30(25(31)33)17-16-28(6)20(24(19)30)8-9-22-27(5)13-12-23(32)26(3,4)21(27)11-14-29(22,28)7/h19-22,24H,1,8-17H2,2-7H3,(H2,31,33)/t19-,20+,21-,22+,24+,27-,28-,29+,30-/m0/s1. The van der Waals surface area contributed by atoms with E-state index in [1.807, 2.05) is 0 Å². The van der Waals surface area contributed by atoms with Crippen molar-refractivity contribution in [1.82, 2.24) is 0 Å². The summed E-state index contributed by atoms with van der Waals surface area (Å²) < 4.78 is 0. The van der Waals surface area contributed by atoms with Crippen molar-refractivity contribution in [2.24, 2.45) is 62.4 Å². The topological polar surface area (TPSA) is 60.2 Å². The second kappa shape index (κ2) is 6.97. The van der Waals surface area contributed by atoms with Gasteiger partial charge >= 0.3 is 0 Å². The van der Waals surface area contributed by atoms with Gasteiger partial charge in [0.2, 0.25) is 5.91 Å². The van der Waals surface area contributed by atoms with E-state index in [0.717, 1.165) is 38.5 Å². The lowest BCUT2D eigenvalue weighted by Crippen LogP contribution is -2.67. The summed E-state index contributed by atoms with van der Waals surface area (Å²) in [4.78, 5) is 25.9. The summed E-state index contributed by atoms with van der Waals surface area (Å²) in [5.41, 5.74) is 7.63. The van der Waals surface area contributed by atoms with Crippen LogP contribution in [0.5, 0.6) is 0 Å². The molecule has 5 saturated carbocycles. The van der Waals surface area contributed by atoms with E-state index < -0.39 is 0 Å². The molecule has 0 aliphatic heterocycles. The molecule has 0 saturated heterocycles. The smallest absolute Gasteiger partial charge is 0.223 e. The molecule has 0 bridgehead atoms. The lowest BCUT2D eigenvalue weighted by molar-refractivity contribution is -0.232. The second-order valence-corrected chi connectivity index (χ2v) is 14.4. The van der Waals surface area contributed by atoms with Gasteiger partial charge in [0.25, 0.3) is 0 Å². The van der Waals surface area contributed by atoms with Crippen molar-refractivity contribution in [2.45, 2.75) is 106 Å². The van der Waals surface area contributed by atoms with Crippen LogP contribution in [0.25, 0.3) is 0 Å². The number of Topliss-reactive ketones (excluding diaryl/α,β-unsaturated/α-hetero) is 1. The van der Waals surface area contributed by atoms with Gasteiger partial charge in [0, 0.05) is 11.8 Å². The van der Waals surface area contributed by atoms with Gasteiger partial charge in [-0.2, -0.15) is 0 Å². The minimum absolute atomic E-state index is 0.0474. The van der Waals surface area contributed by atoms with Gasteiger partial charge in [0.05, 0.1) is 5.41 Å². The first-order valence-electron chi connectivity index (χ1n) is 13.7. The average molecular weight is 454 g/mol. The third kappa shape index (κ3) is 2.69. The minimum Gasteiger partial charge on any atom is -0.369 e. The molecule has 0 aromatic rings. The van der Waals surface area contributed by atoms with E-state index in [2.05, 4.69) is 48.1 Å². The molecule has 5 aliphatic carbocycles. The van der Waals surface area contributed by atoms with Crippen molar-refractivity contribution >= 4 is 11.7 Å². The number of amides is 1. The van der Waals surface area contributed by atoms with Gasteiger partial charge in [-0.1, -0.05) is 46.8 Å². The van der Waals surface area contributed by atoms with Gasteiger partial charge in [-0.15, -0.1) is 0 Å². The number of fused-ring (bicyclic) bond motifs is 7. The third-order valence-electron chi connectivity index (χ3n) is 13.3. The molecule has 3 nitrogen and oxygen atoms in total. The molecule has 3 heteroatoms. The Bertz CT molecular complexity index is 905. The van der Waals surface area contributed by atoms with Crippen LogP contribution in [0.2, 0.25) is 0 Å². The van der Waals surface area contributed by atoms with Crippen LogP contribution in [0.15, 0.2) is 12.2 Å². The first kappa shape index (κ1) is 23.6. The fourth-order valence-electron chi connectivity index (χ4n) is 11.4. The zero-order chi connectivity index (χ0) is 24.2. The Kier molecular flexibility index (Phi) is 4.99. The summed E-state index contributed by atoms with van der Waals surface area (Å²) >= 11 is 0. The first-order chi connectivity index (χ1) is 15.3. The van der Waals surface area contributed by atoms with Gasteiger partial charge in [-0.3, -0.25) is 9.59 Å². The number of nitrogens with two attached hydrogens (primary N) is 1. The molecule has 0 radical (unpaired) electrons. The van der Waals surface area contributed by atoms with Gasteiger partial charge in [-0.25, -0.2) is 0 Å². The minimum atomic E-state index is -0.322. The Morgan fingerprint density at radius 3 is 2.21 bits per heavy atom. The van der Waals surface area contributed by atoms with E-state index in [4.69, 9.17) is 5.73 Å². The lowest BCUT2D eigenvalue weighted by Gasteiger charge is -2.72. The van der Waals surface area contributed by atoms with E-state index in [1.165, 1.54) is 31.3 Å². The Morgan fingerprint density at radius 2 is 1.58 bits per heavy atom. The van der Waals surface area contributed by atoms with Crippen molar-refractivity contribution < 1.29 is 9.59 Å². The van der Waals surface area contributed by atoms with Crippen molar-refractivity contribution in [2.75, 3.05) is 0 Å². The summed E-state index contributed by atoms with van der Waals surface area (Å²) in [6.45, 7) is 18.8. The van der Waals surface area contributed by atoms with E-state index >= 15 is 0 Å². The van der Waals surface area contributed by atoms with Crippen LogP contribution in [-0.4, -0.2) is 11.7 Å². The molecule has 33 heavy (non-hydrogen) atoms. The molecule has 5 rings (SSSR count). The Hall–Kier alpha value is -1.12. The lowest BCUT2D eigenvalue weighted by atomic mass is 9.32. The molecular formula is C30H47NO2. The molecule has 2 N–H and O–H groups in total. The van der Waals surface area contributed by atoms with Crippen molar-refractivity contribution in [1.29, 1.82) is 0 Å². The van der Waals surface area contributed by atoms with Crippen molar-refractivity contribution in [3.05, 3.63) is 12.2 Å². The van der Waals surface area contributed by atoms with Crippen LogP contribution in [-0.2, 0) is 9.59 Å². The molecule has 184 valence electrons. The van der Waals surface area contributed by atoms with Crippen LogP contribution in [0.1, 0.15) is 106 Å². The Balaban J connectivity index is 1.57.